The first-order chi connectivity index (χ1) is 10.6. The maximum Gasteiger partial charge on any atom is 0.256 e. The van der Waals surface area contributed by atoms with Crippen molar-refractivity contribution >= 4 is 18.1 Å². The SMILES string of the molecule is CN(C[C@@H]1COc2ccccc2O1)C(=O)c1ccc[nH]c1=S. The van der Waals surface area contributed by atoms with E-state index in [0.717, 1.165) is 5.75 Å². The van der Waals surface area contributed by atoms with E-state index < -0.39 is 0 Å². The number of para-hydroxylation sites is 2. The number of nitrogens with one attached hydrogen (secondary N) is 1. The second-order valence-corrected chi connectivity index (χ2v) is 5.50. The summed E-state index contributed by atoms with van der Waals surface area (Å²) in [5.74, 6) is 1.30. The molecule has 0 bridgehead atoms. The number of pyridine rings is 1. The first-order valence-corrected chi connectivity index (χ1v) is 7.37. The fraction of sp³-hybridized carbons (Fsp3) is 0.250. The normalized spacial score (nSPS) is 16.1. The van der Waals surface area contributed by atoms with Gasteiger partial charge in [-0.05, 0) is 24.3 Å². The molecule has 114 valence electrons. The molecule has 0 unspecified atom stereocenters. The van der Waals surface area contributed by atoms with Crippen molar-refractivity contribution in [3.8, 4) is 11.5 Å². The summed E-state index contributed by atoms with van der Waals surface area (Å²) in [7, 11) is 1.73. The summed E-state index contributed by atoms with van der Waals surface area (Å²) in [6.45, 7) is 0.840. The quantitative estimate of drug-likeness (QED) is 0.885. The van der Waals surface area contributed by atoms with E-state index in [-0.39, 0.29) is 12.0 Å². The van der Waals surface area contributed by atoms with Gasteiger partial charge < -0.3 is 19.4 Å². The number of rotatable bonds is 3. The Kier molecular flexibility index (Phi) is 4.11. The summed E-state index contributed by atoms with van der Waals surface area (Å²) in [6, 6.07) is 11.0. The van der Waals surface area contributed by atoms with Crippen LogP contribution in [-0.4, -0.2) is 42.1 Å². The van der Waals surface area contributed by atoms with E-state index in [1.165, 1.54) is 0 Å². The molecule has 0 radical (unpaired) electrons. The molecule has 5 nitrogen and oxygen atoms in total. The van der Waals surface area contributed by atoms with Gasteiger partial charge in [0, 0.05) is 13.2 Å². The van der Waals surface area contributed by atoms with Crippen LogP contribution in [0.25, 0.3) is 0 Å². The van der Waals surface area contributed by atoms with Crippen LogP contribution in [-0.2, 0) is 0 Å². The van der Waals surface area contributed by atoms with E-state index in [4.69, 9.17) is 21.7 Å². The lowest BCUT2D eigenvalue weighted by Crippen LogP contribution is -2.41. The minimum atomic E-state index is -0.204. The predicted molar refractivity (Wildman–Crippen MR) is 84.9 cm³/mol. The van der Waals surface area contributed by atoms with E-state index in [1.807, 2.05) is 24.3 Å². The maximum absolute atomic E-state index is 12.4. The second kappa shape index (κ2) is 6.19. The Morgan fingerprint density at radius 2 is 2.09 bits per heavy atom. The van der Waals surface area contributed by atoms with Gasteiger partial charge in [-0.3, -0.25) is 4.79 Å². The van der Waals surface area contributed by atoms with Crippen molar-refractivity contribution in [2.24, 2.45) is 0 Å². The summed E-state index contributed by atoms with van der Waals surface area (Å²) in [5, 5.41) is 0. The predicted octanol–water partition coefficient (Wildman–Crippen LogP) is 2.66. The third-order valence-corrected chi connectivity index (χ3v) is 3.78. The van der Waals surface area contributed by atoms with Crippen molar-refractivity contribution in [2.45, 2.75) is 6.10 Å². The molecule has 0 saturated heterocycles. The highest BCUT2D eigenvalue weighted by atomic mass is 32.1. The number of ether oxygens (including phenoxy) is 2. The first-order valence-electron chi connectivity index (χ1n) is 6.97. The van der Waals surface area contributed by atoms with Crippen molar-refractivity contribution in [1.82, 2.24) is 9.88 Å². The van der Waals surface area contributed by atoms with E-state index in [0.29, 0.717) is 29.1 Å². The fourth-order valence-corrected chi connectivity index (χ4v) is 2.56. The number of amides is 1. The summed E-state index contributed by atoms with van der Waals surface area (Å²) in [5.41, 5.74) is 0.483. The number of aromatic nitrogens is 1. The molecule has 1 N–H and O–H groups in total. The number of aromatic amines is 1. The molecule has 6 heteroatoms. The monoisotopic (exact) mass is 316 g/mol. The highest BCUT2D eigenvalue weighted by Gasteiger charge is 2.24. The number of hydrogen-bond donors (Lipinski definition) is 1. The highest BCUT2D eigenvalue weighted by molar-refractivity contribution is 7.71. The number of H-pyrrole nitrogens is 1. The molecule has 22 heavy (non-hydrogen) atoms. The molecule has 1 aliphatic rings. The zero-order valence-corrected chi connectivity index (χ0v) is 12.9. The summed E-state index contributed by atoms with van der Waals surface area (Å²) in [4.78, 5) is 16.9. The Morgan fingerprint density at radius 3 is 2.86 bits per heavy atom. The molecular weight excluding hydrogens is 300 g/mol. The van der Waals surface area contributed by atoms with Gasteiger partial charge in [0.1, 0.15) is 11.2 Å². The Hall–Kier alpha value is -2.34. The average molecular weight is 316 g/mol. The minimum absolute atomic E-state index is 0.135. The highest BCUT2D eigenvalue weighted by Crippen LogP contribution is 2.31. The molecule has 1 aromatic carbocycles. The standard InChI is InChI=1S/C16H16N2O3S/c1-18(16(19)12-5-4-8-17-15(12)22)9-11-10-20-13-6-2-3-7-14(13)21-11/h2-8,11H,9-10H2,1H3,(H,17,22)/t11-/m1/s1. The maximum atomic E-state index is 12.4. The molecule has 0 saturated carbocycles. The van der Waals surface area contributed by atoms with Crippen LogP contribution in [0.1, 0.15) is 10.4 Å². The van der Waals surface area contributed by atoms with Crippen LogP contribution in [0.2, 0.25) is 0 Å². The van der Waals surface area contributed by atoms with Crippen LogP contribution in [0.5, 0.6) is 11.5 Å². The summed E-state index contributed by atoms with van der Waals surface area (Å²) in [6.07, 6.45) is 1.50. The third kappa shape index (κ3) is 2.96. The number of carbonyl (C=O) groups is 1. The zero-order chi connectivity index (χ0) is 15.5. The van der Waals surface area contributed by atoms with E-state index in [9.17, 15) is 4.79 Å². The zero-order valence-electron chi connectivity index (χ0n) is 12.1. The Labute approximate surface area is 133 Å². The van der Waals surface area contributed by atoms with E-state index in [1.54, 1.807) is 30.3 Å². The van der Waals surface area contributed by atoms with Gasteiger partial charge in [0.15, 0.2) is 17.6 Å². The molecule has 2 heterocycles. The molecule has 0 aliphatic carbocycles. The van der Waals surface area contributed by atoms with E-state index >= 15 is 0 Å². The van der Waals surface area contributed by atoms with Crippen molar-refractivity contribution in [1.29, 1.82) is 0 Å². The van der Waals surface area contributed by atoms with Gasteiger partial charge in [0.05, 0.1) is 12.1 Å². The summed E-state index contributed by atoms with van der Waals surface area (Å²) >= 11 is 5.14. The van der Waals surface area contributed by atoms with Gasteiger partial charge in [-0.1, -0.05) is 24.4 Å². The molecule has 2 aromatic rings. The molecule has 1 atom stereocenters. The van der Waals surface area contributed by atoms with Crippen LogP contribution < -0.4 is 9.47 Å². The fourth-order valence-electron chi connectivity index (χ4n) is 2.34. The number of benzene rings is 1. The van der Waals surface area contributed by atoms with Crippen LogP contribution in [0.15, 0.2) is 42.6 Å². The van der Waals surface area contributed by atoms with Gasteiger partial charge in [0.25, 0.3) is 5.91 Å². The number of hydrogen-bond acceptors (Lipinski definition) is 4. The molecule has 0 fully saturated rings. The number of nitrogens with zero attached hydrogens (tertiary/aromatic N) is 1. The molecule has 1 aromatic heterocycles. The van der Waals surface area contributed by atoms with Gasteiger partial charge >= 0.3 is 0 Å². The van der Waals surface area contributed by atoms with Crippen molar-refractivity contribution in [3.05, 3.63) is 52.8 Å². The minimum Gasteiger partial charge on any atom is -0.486 e. The number of fused-ring (bicyclic) bond motifs is 1. The Balaban J connectivity index is 1.68. The van der Waals surface area contributed by atoms with Crippen LogP contribution in [0.3, 0.4) is 0 Å². The lowest BCUT2D eigenvalue weighted by Gasteiger charge is -2.29. The second-order valence-electron chi connectivity index (χ2n) is 5.10. The number of likely N-dealkylation sites (N-methyl/N-ethyl adjacent to an activating group) is 1. The van der Waals surface area contributed by atoms with E-state index in [2.05, 4.69) is 4.98 Å². The van der Waals surface area contributed by atoms with Crippen molar-refractivity contribution in [3.63, 3.8) is 0 Å². The van der Waals surface area contributed by atoms with Crippen molar-refractivity contribution in [2.75, 3.05) is 20.2 Å². The lowest BCUT2D eigenvalue weighted by atomic mass is 10.2. The van der Waals surface area contributed by atoms with Crippen LogP contribution in [0, 0.1) is 4.64 Å². The largest absolute Gasteiger partial charge is 0.486 e. The molecule has 1 amide bonds. The smallest absolute Gasteiger partial charge is 0.256 e. The van der Waals surface area contributed by atoms with Gasteiger partial charge in [-0.15, -0.1) is 0 Å². The number of carbonyl (C=O) groups excluding carboxylic acids is 1. The van der Waals surface area contributed by atoms with Gasteiger partial charge in [-0.25, -0.2) is 0 Å². The first kappa shape index (κ1) is 14.6. The van der Waals surface area contributed by atoms with Gasteiger partial charge in [-0.2, -0.15) is 0 Å². The third-order valence-electron chi connectivity index (χ3n) is 3.44. The van der Waals surface area contributed by atoms with Crippen molar-refractivity contribution < 1.29 is 14.3 Å². The Bertz CT molecular complexity index is 744. The Morgan fingerprint density at radius 1 is 1.32 bits per heavy atom. The lowest BCUT2D eigenvalue weighted by molar-refractivity contribution is 0.0520. The van der Waals surface area contributed by atoms with Crippen LogP contribution >= 0.6 is 12.2 Å². The molecule has 1 aliphatic heterocycles. The van der Waals surface area contributed by atoms with Gasteiger partial charge in [0.2, 0.25) is 0 Å². The topological polar surface area (TPSA) is 54.6 Å². The summed E-state index contributed by atoms with van der Waals surface area (Å²) < 4.78 is 12.0. The molecule has 0 spiro atoms. The van der Waals surface area contributed by atoms with Crippen LogP contribution in [0.4, 0.5) is 0 Å². The average Bonchev–Trinajstić information content (AvgIpc) is 2.54. The molecule has 3 rings (SSSR count). The molecular formula is C16H16N2O3S.